The zero-order valence-electron chi connectivity index (χ0n) is 13.1. The number of rotatable bonds is 5. The van der Waals surface area contributed by atoms with Gasteiger partial charge in [-0.3, -0.25) is 14.7 Å². The third-order valence-corrected chi connectivity index (χ3v) is 4.45. The fraction of sp³-hybridized carbons (Fsp3) is 0.167. The summed E-state index contributed by atoms with van der Waals surface area (Å²) in [6.07, 6.45) is 3.65. The lowest BCUT2D eigenvalue weighted by Gasteiger charge is -2.17. The third kappa shape index (κ3) is 3.65. The van der Waals surface area contributed by atoms with Gasteiger partial charge in [-0.25, -0.2) is 9.37 Å². The van der Waals surface area contributed by atoms with E-state index in [2.05, 4.69) is 9.97 Å². The molecule has 4 nitrogen and oxygen atoms in total. The van der Waals surface area contributed by atoms with Gasteiger partial charge in [0.25, 0.3) is 0 Å². The van der Waals surface area contributed by atoms with Gasteiger partial charge >= 0.3 is 0 Å². The van der Waals surface area contributed by atoms with Crippen LogP contribution < -0.4 is 4.90 Å². The number of aromatic nitrogens is 2. The summed E-state index contributed by atoms with van der Waals surface area (Å²) < 4.78 is 13.0. The lowest BCUT2D eigenvalue weighted by molar-refractivity contribution is -0.117. The molecule has 0 unspecified atom stereocenters. The fourth-order valence-corrected chi connectivity index (χ4v) is 3.25. The van der Waals surface area contributed by atoms with E-state index in [0.717, 1.165) is 16.8 Å². The maximum absolute atomic E-state index is 13.0. The SMILES string of the molecule is CCN(C(=O)Cc1ccc(F)cc1)c1nc(-c2ccncc2)cs1. The van der Waals surface area contributed by atoms with E-state index in [9.17, 15) is 9.18 Å². The first-order valence-electron chi connectivity index (χ1n) is 7.58. The molecule has 0 saturated carbocycles. The van der Waals surface area contributed by atoms with Crippen LogP contribution in [0, 0.1) is 5.82 Å². The molecule has 0 radical (unpaired) electrons. The van der Waals surface area contributed by atoms with Gasteiger partial charge < -0.3 is 0 Å². The smallest absolute Gasteiger partial charge is 0.233 e. The molecular formula is C18H16FN3OS. The van der Waals surface area contributed by atoms with Crippen molar-refractivity contribution in [3.8, 4) is 11.3 Å². The van der Waals surface area contributed by atoms with E-state index in [1.54, 1.807) is 29.4 Å². The van der Waals surface area contributed by atoms with Crippen molar-refractivity contribution in [2.24, 2.45) is 0 Å². The monoisotopic (exact) mass is 341 g/mol. The van der Waals surface area contributed by atoms with Crippen LogP contribution in [0.25, 0.3) is 11.3 Å². The number of hydrogen-bond acceptors (Lipinski definition) is 4. The van der Waals surface area contributed by atoms with E-state index < -0.39 is 0 Å². The van der Waals surface area contributed by atoms with Crippen molar-refractivity contribution >= 4 is 22.4 Å². The Balaban J connectivity index is 1.77. The number of carbonyl (C=O) groups excluding carboxylic acids is 1. The number of anilines is 1. The number of halogens is 1. The summed E-state index contributed by atoms with van der Waals surface area (Å²) in [5.74, 6) is -0.361. The average molecular weight is 341 g/mol. The molecule has 1 amide bonds. The largest absolute Gasteiger partial charge is 0.288 e. The third-order valence-electron chi connectivity index (χ3n) is 3.58. The molecule has 3 rings (SSSR count). The molecule has 2 aromatic heterocycles. The van der Waals surface area contributed by atoms with Gasteiger partial charge in [-0.2, -0.15) is 0 Å². The average Bonchev–Trinajstić information content (AvgIpc) is 3.08. The first-order chi connectivity index (χ1) is 11.7. The minimum Gasteiger partial charge on any atom is -0.288 e. The first-order valence-corrected chi connectivity index (χ1v) is 8.46. The molecule has 0 bridgehead atoms. The second-order valence-electron chi connectivity index (χ2n) is 5.19. The Morgan fingerprint density at radius 1 is 1.17 bits per heavy atom. The summed E-state index contributed by atoms with van der Waals surface area (Å²) in [7, 11) is 0. The topological polar surface area (TPSA) is 46.1 Å². The molecule has 1 aromatic carbocycles. The molecule has 0 N–H and O–H groups in total. The predicted molar refractivity (Wildman–Crippen MR) is 93.5 cm³/mol. The highest BCUT2D eigenvalue weighted by Crippen LogP contribution is 2.27. The Kier molecular flexibility index (Phi) is 4.96. The quantitative estimate of drug-likeness (QED) is 0.706. The Labute approximate surface area is 143 Å². The standard InChI is InChI=1S/C18H16FN3OS/c1-2-22(17(23)11-13-3-5-15(19)6-4-13)18-21-16(12-24-18)14-7-9-20-10-8-14/h3-10,12H,2,11H2,1H3. The molecule has 0 spiro atoms. The number of amides is 1. The van der Waals surface area contributed by atoms with Gasteiger partial charge in [0, 0.05) is 29.9 Å². The van der Waals surface area contributed by atoms with E-state index in [4.69, 9.17) is 0 Å². The molecule has 6 heteroatoms. The second kappa shape index (κ2) is 7.31. The van der Waals surface area contributed by atoms with Crippen LogP contribution in [0.4, 0.5) is 9.52 Å². The minimum absolute atomic E-state index is 0.0558. The summed E-state index contributed by atoms with van der Waals surface area (Å²) >= 11 is 1.43. The molecule has 0 aliphatic heterocycles. The zero-order valence-corrected chi connectivity index (χ0v) is 14.0. The van der Waals surface area contributed by atoms with Gasteiger partial charge in [-0.05, 0) is 36.8 Å². The van der Waals surface area contributed by atoms with E-state index in [1.807, 2.05) is 24.4 Å². The summed E-state index contributed by atoms with van der Waals surface area (Å²) in [5, 5.41) is 2.59. The van der Waals surface area contributed by atoms with Crippen LogP contribution in [0.15, 0.2) is 54.2 Å². The van der Waals surface area contributed by atoms with Gasteiger partial charge in [0.2, 0.25) is 5.91 Å². The summed E-state index contributed by atoms with van der Waals surface area (Å²) in [6, 6.07) is 9.76. The highest BCUT2D eigenvalue weighted by Gasteiger charge is 2.18. The Morgan fingerprint density at radius 2 is 1.88 bits per heavy atom. The lowest BCUT2D eigenvalue weighted by atomic mass is 10.1. The maximum Gasteiger partial charge on any atom is 0.233 e. The van der Waals surface area contributed by atoms with Crippen molar-refractivity contribution in [2.45, 2.75) is 13.3 Å². The van der Waals surface area contributed by atoms with Crippen LogP contribution in [0.3, 0.4) is 0 Å². The van der Waals surface area contributed by atoms with Crippen LogP contribution in [0.1, 0.15) is 12.5 Å². The van der Waals surface area contributed by atoms with E-state index in [1.165, 1.54) is 23.5 Å². The van der Waals surface area contributed by atoms with Gasteiger partial charge in [-0.1, -0.05) is 12.1 Å². The normalized spacial score (nSPS) is 10.6. The van der Waals surface area contributed by atoms with Crippen molar-refractivity contribution in [2.75, 3.05) is 11.4 Å². The summed E-state index contributed by atoms with van der Waals surface area (Å²) in [4.78, 5) is 22.8. The van der Waals surface area contributed by atoms with Crippen molar-refractivity contribution in [1.29, 1.82) is 0 Å². The number of benzene rings is 1. The molecule has 0 fully saturated rings. The molecule has 0 aliphatic rings. The molecule has 3 aromatic rings. The van der Waals surface area contributed by atoms with Crippen molar-refractivity contribution < 1.29 is 9.18 Å². The predicted octanol–water partition coefficient (Wildman–Crippen LogP) is 3.94. The van der Waals surface area contributed by atoms with Crippen LogP contribution >= 0.6 is 11.3 Å². The number of nitrogens with zero attached hydrogens (tertiary/aromatic N) is 3. The highest BCUT2D eigenvalue weighted by atomic mass is 32.1. The number of pyridine rings is 1. The Bertz CT molecular complexity index is 818. The number of likely N-dealkylation sites (N-methyl/N-ethyl adjacent to an activating group) is 1. The molecule has 0 saturated heterocycles. The Hall–Kier alpha value is -2.60. The van der Waals surface area contributed by atoms with Crippen molar-refractivity contribution in [1.82, 2.24) is 9.97 Å². The van der Waals surface area contributed by atoms with Crippen molar-refractivity contribution in [3.63, 3.8) is 0 Å². The summed E-state index contributed by atoms with van der Waals surface area (Å²) in [5.41, 5.74) is 2.57. The van der Waals surface area contributed by atoms with Crippen LogP contribution in [0.5, 0.6) is 0 Å². The number of thiazole rings is 1. The van der Waals surface area contributed by atoms with E-state index in [0.29, 0.717) is 11.7 Å². The van der Waals surface area contributed by atoms with E-state index in [-0.39, 0.29) is 18.1 Å². The molecule has 122 valence electrons. The number of hydrogen-bond donors (Lipinski definition) is 0. The zero-order chi connectivity index (χ0) is 16.9. The van der Waals surface area contributed by atoms with Gasteiger partial charge in [0.1, 0.15) is 5.82 Å². The second-order valence-corrected chi connectivity index (χ2v) is 6.03. The van der Waals surface area contributed by atoms with Crippen LogP contribution in [-0.2, 0) is 11.2 Å². The molecule has 0 atom stereocenters. The molecule has 24 heavy (non-hydrogen) atoms. The molecule has 2 heterocycles. The van der Waals surface area contributed by atoms with Gasteiger partial charge in [0.15, 0.2) is 5.13 Å². The summed E-state index contributed by atoms with van der Waals surface area (Å²) in [6.45, 7) is 2.44. The highest BCUT2D eigenvalue weighted by molar-refractivity contribution is 7.14. The Morgan fingerprint density at radius 3 is 2.54 bits per heavy atom. The minimum atomic E-state index is -0.305. The fourth-order valence-electron chi connectivity index (χ4n) is 2.33. The molecular weight excluding hydrogens is 325 g/mol. The molecule has 0 aliphatic carbocycles. The number of carbonyl (C=O) groups is 1. The lowest BCUT2D eigenvalue weighted by Crippen LogP contribution is -2.31. The van der Waals surface area contributed by atoms with Crippen LogP contribution in [-0.4, -0.2) is 22.4 Å². The first kappa shape index (κ1) is 16.3. The van der Waals surface area contributed by atoms with Crippen molar-refractivity contribution in [3.05, 3.63) is 65.6 Å². The maximum atomic E-state index is 13.0. The van der Waals surface area contributed by atoms with Gasteiger partial charge in [-0.15, -0.1) is 11.3 Å². The van der Waals surface area contributed by atoms with Crippen LogP contribution in [0.2, 0.25) is 0 Å². The van der Waals surface area contributed by atoms with E-state index >= 15 is 0 Å². The van der Waals surface area contributed by atoms with Gasteiger partial charge in [0.05, 0.1) is 12.1 Å².